The molecule has 0 saturated carbocycles. The van der Waals surface area contributed by atoms with Crippen molar-refractivity contribution >= 4 is 16.8 Å². The van der Waals surface area contributed by atoms with E-state index in [4.69, 9.17) is 0 Å². The van der Waals surface area contributed by atoms with Gasteiger partial charge in [0.25, 0.3) is 0 Å². The molecule has 1 fully saturated rings. The van der Waals surface area contributed by atoms with Crippen molar-refractivity contribution in [3.05, 3.63) is 65.4 Å². The number of nitrogens with one attached hydrogen (secondary N) is 3. The molecule has 2 unspecified atom stereocenters. The molecule has 0 radical (unpaired) electrons. The number of carbonyl (C=O) groups is 1. The number of halogens is 2. The zero-order valence-corrected chi connectivity index (χ0v) is 14.6. The van der Waals surface area contributed by atoms with Crippen LogP contribution in [0.3, 0.4) is 0 Å². The molecule has 1 aliphatic heterocycles. The molecule has 4 rings (SSSR count). The number of fused-ring (bicyclic) bond motifs is 1. The smallest absolute Gasteiger partial charge is 0.226 e. The third kappa shape index (κ3) is 3.68. The summed E-state index contributed by atoms with van der Waals surface area (Å²) in [6.45, 7) is 1.35. The number of benzene rings is 2. The molecule has 2 aromatic carbocycles. The first-order valence-electron chi connectivity index (χ1n) is 8.99. The molecule has 0 bridgehead atoms. The number of rotatable bonds is 4. The predicted octanol–water partition coefficient (Wildman–Crippen LogP) is 2.65. The van der Waals surface area contributed by atoms with Gasteiger partial charge in [0, 0.05) is 23.9 Å². The van der Waals surface area contributed by atoms with E-state index >= 15 is 0 Å². The third-order valence-corrected chi connectivity index (χ3v) is 5.08. The average molecular weight is 370 g/mol. The van der Waals surface area contributed by atoms with Crippen molar-refractivity contribution in [2.75, 3.05) is 13.1 Å². The van der Waals surface area contributed by atoms with E-state index < -0.39 is 11.6 Å². The van der Waals surface area contributed by atoms with Crippen LogP contribution in [0.15, 0.2) is 42.5 Å². The lowest BCUT2D eigenvalue weighted by Gasteiger charge is -2.33. The van der Waals surface area contributed by atoms with Crippen molar-refractivity contribution in [3.63, 3.8) is 0 Å². The van der Waals surface area contributed by atoms with Gasteiger partial charge >= 0.3 is 0 Å². The molecule has 1 aromatic heterocycles. The number of H-pyrrole nitrogens is 1. The number of nitrogens with zero attached hydrogens (tertiary/aromatic N) is 1. The number of carbonyl (C=O) groups excluding carboxylic acids is 1. The van der Waals surface area contributed by atoms with E-state index in [2.05, 4.69) is 20.8 Å². The Balaban J connectivity index is 1.49. The van der Waals surface area contributed by atoms with Crippen molar-refractivity contribution in [1.82, 2.24) is 20.8 Å². The minimum atomic E-state index is -0.862. The van der Waals surface area contributed by atoms with Crippen LogP contribution < -0.4 is 10.6 Å². The summed E-state index contributed by atoms with van der Waals surface area (Å²) >= 11 is 0. The molecule has 27 heavy (non-hydrogen) atoms. The summed E-state index contributed by atoms with van der Waals surface area (Å²) < 4.78 is 26.9. The molecular weight excluding hydrogens is 350 g/mol. The van der Waals surface area contributed by atoms with Gasteiger partial charge in [0.2, 0.25) is 5.91 Å². The maximum absolute atomic E-state index is 13.6. The molecule has 1 saturated heterocycles. The summed E-state index contributed by atoms with van der Waals surface area (Å²) in [5.41, 5.74) is 2.28. The van der Waals surface area contributed by atoms with Gasteiger partial charge in [-0.2, -0.15) is 5.10 Å². The van der Waals surface area contributed by atoms with Gasteiger partial charge in [-0.25, -0.2) is 8.78 Å². The Morgan fingerprint density at radius 2 is 2.04 bits per heavy atom. The Labute approximate surface area is 155 Å². The zero-order chi connectivity index (χ0) is 18.8. The van der Waals surface area contributed by atoms with Crippen molar-refractivity contribution in [2.24, 2.45) is 0 Å². The maximum Gasteiger partial charge on any atom is 0.226 e. The van der Waals surface area contributed by atoms with Crippen LogP contribution in [-0.4, -0.2) is 35.2 Å². The maximum atomic E-state index is 13.6. The van der Waals surface area contributed by atoms with Crippen molar-refractivity contribution in [2.45, 2.75) is 24.8 Å². The minimum absolute atomic E-state index is 0.0659. The summed E-state index contributed by atoms with van der Waals surface area (Å²) in [6, 6.07) is 11.4. The number of hydrogen-bond donors (Lipinski definition) is 3. The standard InChI is InChI=1S/C20H20F2N4O/c21-15-6-5-12(9-16(15)22)13-7-8-23-11-19(13)24-20(27)10-18-14-3-1-2-4-17(14)25-26-18/h1-6,9,13,19,23H,7-8,10-11H2,(H,24,27)(H,25,26). The molecule has 1 amide bonds. The van der Waals surface area contributed by atoms with Gasteiger partial charge in [-0.3, -0.25) is 9.89 Å². The zero-order valence-electron chi connectivity index (χ0n) is 14.6. The van der Waals surface area contributed by atoms with E-state index in [1.165, 1.54) is 6.07 Å². The number of para-hydroxylation sites is 1. The summed E-state index contributed by atoms with van der Waals surface area (Å²) in [7, 11) is 0. The SMILES string of the molecule is O=C(Cc1[nH]nc2ccccc12)NC1CNCCC1c1ccc(F)c(F)c1. The number of amides is 1. The van der Waals surface area contributed by atoms with E-state index in [0.717, 1.165) is 35.6 Å². The Morgan fingerprint density at radius 3 is 2.89 bits per heavy atom. The number of aromatic amines is 1. The Morgan fingerprint density at radius 1 is 1.19 bits per heavy atom. The highest BCUT2D eigenvalue weighted by Crippen LogP contribution is 2.27. The fourth-order valence-corrected chi connectivity index (χ4v) is 3.72. The van der Waals surface area contributed by atoms with Crippen LogP contribution in [0, 0.1) is 11.6 Å². The van der Waals surface area contributed by atoms with Crippen LogP contribution in [0.2, 0.25) is 0 Å². The monoisotopic (exact) mass is 370 g/mol. The van der Waals surface area contributed by atoms with Crippen molar-refractivity contribution < 1.29 is 13.6 Å². The van der Waals surface area contributed by atoms with Crippen LogP contribution >= 0.6 is 0 Å². The summed E-state index contributed by atoms with van der Waals surface area (Å²) in [6.07, 6.45) is 0.921. The molecular formula is C20H20F2N4O. The van der Waals surface area contributed by atoms with Crippen molar-refractivity contribution in [3.8, 4) is 0 Å². The van der Waals surface area contributed by atoms with Gasteiger partial charge in [0.05, 0.1) is 17.6 Å². The molecule has 3 N–H and O–H groups in total. The molecule has 2 atom stereocenters. The molecule has 5 nitrogen and oxygen atoms in total. The van der Waals surface area contributed by atoms with E-state index in [1.54, 1.807) is 6.07 Å². The highest BCUT2D eigenvalue weighted by Gasteiger charge is 2.28. The second-order valence-corrected chi connectivity index (χ2v) is 6.84. The second-order valence-electron chi connectivity index (χ2n) is 6.84. The fourth-order valence-electron chi connectivity index (χ4n) is 3.72. The third-order valence-electron chi connectivity index (χ3n) is 5.08. The van der Waals surface area contributed by atoms with Crippen LogP contribution in [-0.2, 0) is 11.2 Å². The van der Waals surface area contributed by atoms with Gasteiger partial charge in [-0.1, -0.05) is 24.3 Å². The van der Waals surface area contributed by atoms with Crippen molar-refractivity contribution in [1.29, 1.82) is 0 Å². The first-order valence-corrected chi connectivity index (χ1v) is 8.99. The minimum Gasteiger partial charge on any atom is -0.351 e. The van der Waals surface area contributed by atoms with E-state index in [0.29, 0.717) is 12.1 Å². The first kappa shape index (κ1) is 17.6. The average Bonchev–Trinajstić information content (AvgIpc) is 3.07. The Bertz CT molecular complexity index is 972. The van der Waals surface area contributed by atoms with Crippen LogP contribution in [0.25, 0.3) is 10.9 Å². The normalized spacial score (nSPS) is 19.9. The Hall–Kier alpha value is -2.80. The largest absolute Gasteiger partial charge is 0.351 e. The lowest BCUT2D eigenvalue weighted by atomic mass is 9.86. The van der Waals surface area contributed by atoms with E-state index in [1.807, 2.05) is 24.3 Å². The highest BCUT2D eigenvalue weighted by molar-refractivity contribution is 5.87. The fraction of sp³-hybridized carbons (Fsp3) is 0.300. The number of hydrogen-bond acceptors (Lipinski definition) is 3. The number of piperidine rings is 1. The highest BCUT2D eigenvalue weighted by atomic mass is 19.2. The Kier molecular flexibility index (Phi) is 4.85. The lowest BCUT2D eigenvalue weighted by Crippen LogP contribution is -2.50. The summed E-state index contributed by atoms with van der Waals surface area (Å²) in [4.78, 5) is 12.6. The molecule has 0 spiro atoms. The van der Waals surface area contributed by atoms with Gasteiger partial charge in [-0.05, 0) is 36.7 Å². The van der Waals surface area contributed by atoms with Gasteiger partial charge in [0.15, 0.2) is 11.6 Å². The topological polar surface area (TPSA) is 69.8 Å². The molecule has 0 aliphatic carbocycles. The predicted molar refractivity (Wildman–Crippen MR) is 98.3 cm³/mol. The van der Waals surface area contributed by atoms with Crippen LogP contribution in [0.1, 0.15) is 23.6 Å². The summed E-state index contributed by atoms with van der Waals surface area (Å²) in [5, 5.41) is 14.3. The van der Waals surface area contributed by atoms with Gasteiger partial charge in [0.1, 0.15) is 0 Å². The van der Waals surface area contributed by atoms with Crippen LogP contribution in [0.5, 0.6) is 0 Å². The molecule has 7 heteroatoms. The molecule has 1 aliphatic rings. The quantitative estimate of drug-likeness (QED) is 0.661. The lowest BCUT2D eigenvalue weighted by molar-refractivity contribution is -0.121. The van der Waals surface area contributed by atoms with E-state index in [9.17, 15) is 13.6 Å². The van der Waals surface area contributed by atoms with Gasteiger partial charge in [-0.15, -0.1) is 0 Å². The molecule has 3 aromatic rings. The number of aromatic nitrogens is 2. The van der Waals surface area contributed by atoms with E-state index in [-0.39, 0.29) is 24.3 Å². The second kappa shape index (κ2) is 7.44. The van der Waals surface area contributed by atoms with Gasteiger partial charge < -0.3 is 10.6 Å². The van der Waals surface area contributed by atoms with Crippen LogP contribution in [0.4, 0.5) is 8.78 Å². The summed E-state index contributed by atoms with van der Waals surface area (Å²) in [5.74, 6) is -1.92. The molecule has 2 heterocycles. The molecule has 140 valence electrons. The first-order chi connectivity index (χ1) is 13.1.